The Hall–Kier alpha value is -1.40. The van der Waals surface area contributed by atoms with Crippen LogP contribution in [-0.2, 0) is 23.4 Å². The number of hydrogen-bond donors (Lipinski definition) is 2. The number of halogens is 3. The van der Waals surface area contributed by atoms with Gasteiger partial charge in [0.05, 0.1) is 6.61 Å². The van der Waals surface area contributed by atoms with E-state index in [4.69, 9.17) is 58.2 Å². The Morgan fingerprint density at radius 1 is 1.05 bits per heavy atom. The first-order valence-electron chi connectivity index (χ1n) is 13.1. The first-order valence-corrected chi connectivity index (χ1v) is 16.1. The lowest BCUT2D eigenvalue weighted by Crippen LogP contribution is -2.74. The molecular formula is C28H36Cl3NO7Si. The lowest BCUT2D eigenvalue weighted by molar-refractivity contribution is -0.362. The van der Waals surface area contributed by atoms with Crippen LogP contribution in [0.5, 0.6) is 0 Å². The molecule has 2 saturated heterocycles. The second kappa shape index (κ2) is 12.1. The maximum absolute atomic E-state index is 12.9. The molecule has 5 atom stereocenters. The standard InChI is InChI=1S/C28H36Cl3NO7Si/c1-26(2,3)40(18-12-8-6-9-13-18,19-14-10-7-11-15-19)39-24-21(32-25(34)35-17-28(29,30)31)22(33)23-20(37-24)16-36-27(4,5)38-23/h6-15,20-24,33H,16-17H2,1-5H3,(H,32,34). The number of carbonyl (C=O) groups excluding carboxylic acids is 1. The molecular weight excluding hydrogens is 597 g/mol. The Morgan fingerprint density at radius 3 is 2.10 bits per heavy atom. The molecule has 0 spiro atoms. The van der Waals surface area contributed by atoms with Crippen molar-refractivity contribution in [1.82, 2.24) is 5.32 Å². The predicted molar refractivity (Wildman–Crippen MR) is 157 cm³/mol. The number of aliphatic hydroxyl groups excluding tert-OH is 1. The van der Waals surface area contributed by atoms with E-state index in [1.807, 2.05) is 60.7 Å². The molecule has 2 aliphatic rings. The molecule has 5 unspecified atom stereocenters. The summed E-state index contributed by atoms with van der Waals surface area (Å²) in [5, 5.41) is 15.9. The van der Waals surface area contributed by atoms with Gasteiger partial charge in [-0.15, -0.1) is 0 Å². The van der Waals surface area contributed by atoms with Crippen LogP contribution in [0.25, 0.3) is 0 Å². The molecule has 2 aromatic carbocycles. The minimum atomic E-state index is -3.17. The van der Waals surface area contributed by atoms with Crippen molar-refractivity contribution in [1.29, 1.82) is 0 Å². The Labute approximate surface area is 251 Å². The molecule has 2 aliphatic heterocycles. The Morgan fingerprint density at radius 2 is 1.60 bits per heavy atom. The summed E-state index contributed by atoms with van der Waals surface area (Å²) in [4.78, 5) is 12.9. The molecule has 0 saturated carbocycles. The quantitative estimate of drug-likeness (QED) is 0.363. The monoisotopic (exact) mass is 631 g/mol. The van der Waals surface area contributed by atoms with Gasteiger partial charge in [0, 0.05) is 0 Å². The molecule has 2 heterocycles. The highest BCUT2D eigenvalue weighted by Gasteiger charge is 2.57. The van der Waals surface area contributed by atoms with Crippen molar-refractivity contribution < 1.29 is 33.3 Å². The Kier molecular flexibility index (Phi) is 9.51. The summed E-state index contributed by atoms with van der Waals surface area (Å²) in [6.07, 6.45) is -4.69. The van der Waals surface area contributed by atoms with Gasteiger partial charge in [-0.2, -0.15) is 0 Å². The van der Waals surface area contributed by atoms with Gasteiger partial charge >= 0.3 is 6.09 Å². The molecule has 12 heteroatoms. The van der Waals surface area contributed by atoms with Gasteiger partial charge in [0.2, 0.25) is 3.79 Å². The van der Waals surface area contributed by atoms with Gasteiger partial charge in [-0.05, 0) is 29.3 Å². The molecule has 8 nitrogen and oxygen atoms in total. The summed E-state index contributed by atoms with van der Waals surface area (Å²) in [6, 6.07) is 18.9. The number of nitrogens with one attached hydrogen (secondary N) is 1. The summed E-state index contributed by atoms with van der Waals surface area (Å²) >= 11 is 17.3. The van der Waals surface area contributed by atoms with E-state index in [2.05, 4.69) is 26.1 Å². The van der Waals surface area contributed by atoms with Gasteiger partial charge in [0.1, 0.15) is 31.0 Å². The molecule has 220 valence electrons. The van der Waals surface area contributed by atoms with Gasteiger partial charge < -0.3 is 33.8 Å². The maximum atomic E-state index is 12.9. The predicted octanol–water partition coefficient (Wildman–Crippen LogP) is 4.27. The minimum absolute atomic E-state index is 0.166. The molecule has 0 radical (unpaired) electrons. The fourth-order valence-electron chi connectivity index (χ4n) is 5.29. The van der Waals surface area contributed by atoms with Crippen LogP contribution < -0.4 is 15.7 Å². The highest BCUT2D eigenvalue weighted by molar-refractivity contribution is 6.99. The van der Waals surface area contributed by atoms with Crippen molar-refractivity contribution >= 4 is 59.6 Å². The smallest absolute Gasteiger partial charge is 0.407 e. The van der Waals surface area contributed by atoms with Crippen molar-refractivity contribution in [3.8, 4) is 0 Å². The van der Waals surface area contributed by atoms with Crippen LogP contribution in [0.2, 0.25) is 5.04 Å². The normalized spacial score (nSPS) is 27.0. The number of benzene rings is 2. The highest BCUT2D eigenvalue weighted by atomic mass is 35.6. The molecule has 0 aromatic heterocycles. The van der Waals surface area contributed by atoms with Crippen molar-refractivity contribution in [3.05, 3.63) is 60.7 Å². The number of aliphatic hydroxyl groups is 1. The fraction of sp³-hybridized carbons (Fsp3) is 0.536. The number of carbonyl (C=O) groups is 1. The number of alkyl carbamates (subject to hydrolysis) is 1. The molecule has 2 aromatic rings. The number of hydrogen-bond acceptors (Lipinski definition) is 7. The van der Waals surface area contributed by atoms with Gasteiger partial charge in [-0.25, -0.2) is 4.79 Å². The number of alkyl halides is 3. The lowest BCUT2D eigenvalue weighted by atomic mass is 9.95. The van der Waals surface area contributed by atoms with Crippen LogP contribution in [0.4, 0.5) is 4.79 Å². The molecule has 0 aliphatic carbocycles. The van der Waals surface area contributed by atoms with Gasteiger partial charge in [0.25, 0.3) is 8.32 Å². The molecule has 2 fully saturated rings. The zero-order chi connectivity index (χ0) is 29.3. The second-order valence-corrected chi connectivity index (χ2v) is 18.2. The zero-order valence-corrected chi connectivity index (χ0v) is 26.4. The Bertz CT molecular complexity index is 1100. The van der Waals surface area contributed by atoms with Crippen LogP contribution in [0.3, 0.4) is 0 Å². The SMILES string of the molecule is CC1(C)OCC2OC(O[Si](c3ccccc3)(c3ccccc3)C(C)(C)C)C(NC(=O)OCC(Cl)(Cl)Cl)C(O)C2O1. The van der Waals surface area contributed by atoms with E-state index in [1.54, 1.807) is 13.8 Å². The van der Waals surface area contributed by atoms with Crippen LogP contribution in [0.1, 0.15) is 34.6 Å². The van der Waals surface area contributed by atoms with Crippen LogP contribution in [0.15, 0.2) is 60.7 Å². The first kappa shape index (κ1) is 31.5. The number of fused-ring (bicyclic) bond motifs is 1. The first-order chi connectivity index (χ1) is 18.6. The molecule has 2 N–H and O–H groups in total. The summed E-state index contributed by atoms with van der Waals surface area (Å²) in [5.74, 6) is -0.961. The number of ether oxygens (including phenoxy) is 4. The van der Waals surface area contributed by atoms with Crippen LogP contribution in [0, 0.1) is 0 Å². The third-order valence-corrected chi connectivity index (χ3v) is 12.4. The van der Waals surface area contributed by atoms with E-state index in [1.165, 1.54) is 0 Å². The van der Waals surface area contributed by atoms with E-state index in [0.717, 1.165) is 10.4 Å². The summed E-state index contributed by atoms with van der Waals surface area (Å²) in [7, 11) is -3.17. The van der Waals surface area contributed by atoms with Crippen molar-refractivity contribution in [2.45, 2.75) is 79.9 Å². The Balaban J connectivity index is 1.77. The number of amides is 1. The third-order valence-electron chi connectivity index (χ3n) is 7.05. The molecule has 0 bridgehead atoms. The number of rotatable bonds is 6. The van der Waals surface area contributed by atoms with Gasteiger partial charge in [-0.3, -0.25) is 0 Å². The van der Waals surface area contributed by atoms with Crippen LogP contribution >= 0.6 is 34.8 Å². The summed E-state index contributed by atoms with van der Waals surface area (Å²) in [5.41, 5.74) is 0. The molecule has 4 rings (SSSR count). The molecule has 40 heavy (non-hydrogen) atoms. The van der Waals surface area contributed by atoms with E-state index < -0.39 is 66.3 Å². The van der Waals surface area contributed by atoms with Crippen molar-refractivity contribution in [2.75, 3.05) is 13.2 Å². The minimum Gasteiger partial charge on any atom is -0.445 e. The van der Waals surface area contributed by atoms with Crippen molar-refractivity contribution in [3.63, 3.8) is 0 Å². The van der Waals surface area contributed by atoms with E-state index >= 15 is 0 Å². The molecule has 1 amide bonds. The van der Waals surface area contributed by atoms with E-state index in [9.17, 15) is 9.90 Å². The van der Waals surface area contributed by atoms with Gasteiger partial charge in [0.15, 0.2) is 12.1 Å². The largest absolute Gasteiger partial charge is 0.445 e. The summed E-state index contributed by atoms with van der Waals surface area (Å²) in [6.45, 7) is 9.53. The average Bonchev–Trinajstić information content (AvgIpc) is 2.88. The van der Waals surface area contributed by atoms with E-state index in [-0.39, 0.29) is 6.61 Å². The van der Waals surface area contributed by atoms with Crippen molar-refractivity contribution in [2.24, 2.45) is 0 Å². The second-order valence-electron chi connectivity index (χ2n) is 11.5. The summed E-state index contributed by atoms with van der Waals surface area (Å²) < 4.78 is 28.8. The highest BCUT2D eigenvalue weighted by Crippen LogP contribution is 2.40. The van der Waals surface area contributed by atoms with E-state index in [0.29, 0.717) is 0 Å². The topological polar surface area (TPSA) is 95.5 Å². The maximum Gasteiger partial charge on any atom is 0.407 e. The van der Waals surface area contributed by atoms with Gasteiger partial charge in [-0.1, -0.05) is 116 Å². The zero-order valence-electron chi connectivity index (χ0n) is 23.1. The van der Waals surface area contributed by atoms with Crippen LogP contribution in [-0.4, -0.2) is 73.0 Å². The third kappa shape index (κ3) is 6.96. The lowest BCUT2D eigenvalue weighted by Gasteiger charge is -2.53. The average molecular weight is 633 g/mol. The fourth-order valence-corrected chi connectivity index (χ4v) is 10.0.